The molecule has 0 radical (unpaired) electrons. The average Bonchev–Trinajstić information content (AvgIpc) is 2.28. The maximum absolute atomic E-state index is 13.7. The number of nitrogens with one attached hydrogen (secondary N) is 1. The molecule has 0 aromatic heterocycles. The molecule has 2 rings (SSSR count). The zero-order valence-electron chi connectivity index (χ0n) is 9.54. The van der Waals surface area contributed by atoms with E-state index < -0.39 is 0 Å². The number of hydrogen-bond acceptors (Lipinski definition) is 2. The van der Waals surface area contributed by atoms with Crippen molar-refractivity contribution in [2.75, 3.05) is 13.1 Å². The molecule has 17 heavy (non-hydrogen) atoms. The third kappa shape index (κ3) is 2.84. The molecule has 0 bridgehead atoms. The van der Waals surface area contributed by atoms with Crippen molar-refractivity contribution in [2.45, 2.75) is 19.5 Å². The van der Waals surface area contributed by atoms with Crippen LogP contribution in [0, 0.1) is 5.82 Å². The predicted octanol–water partition coefficient (Wildman–Crippen LogP) is 1.91. The summed E-state index contributed by atoms with van der Waals surface area (Å²) in [4.78, 5) is 13.5. The minimum atomic E-state index is -0.238. The SMILES string of the molecule is CC1C(=O)NCCN1Cc1ccc(Br)cc1F. The highest BCUT2D eigenvalue weighted by Gasteiger charge is 2.25. The molecular formula is C12H14BrFN2O. The molecule has 0 aliphatic carbocycles. The van der Waals surface area contributed by atoms with Crippen molar-refractivity contribution in [3.8, 4) is 0 Å². The molecule has 1 amide bonds. The van der Waals surface area contributed by atoms with Crippen molar-refractivity contribution in [2.24, 2.45) is 0 Å². The molecule has 92 valence electrons. The highest BCUT2D eigenvalue weighted by Crippen LogP contribution is 2.18. The Morgan fingerprint density at radius 3 is 3.06 bits per heavy atom. The summed E-state index contributed by atoms with van der Waals surface area (Å²) < 4.78 is 14.4. The van der Waals surface area contributed by atoms with Crippen LogP contribution in [0.25, 0.3) is 0 Å². The number of carbonyl (C=O) groups is 1. The lowest BCUT2D eigenvalue weighted by Gasteiger charge is -2.32. The monoisotopic (exact) mass is 300 g/mol. The molecule has 1 fully saturated rings. The van der Waals surface area contributed by atoms with Gasteiger partial charge >= 0.3 is 0 Å². The Morgan fingerprint density at radius 2 is 2.35 bits per heavy atom. The predicted molar refractivity (Wildman–Crippen MR) is 67.0 cm³/mol. The standard InChI is InChI=1S/C12H14BrFN2O/c1-8-12(17)15-4-5-16(8)7-9-2-3-10(13)6-11(9)14/h2-3,6,8H,4-5,7H2,1H3,(H,15,17). The Hall–Kier alpha value is -0.940. The minimum absolute atomic E-state index is 0.00812. The lowest BCUT2D eigenvalue weighted by molar-refractivity contribution is -0.128. The van der Waals surface area contributed by atoms with Crippen LogP contribution in [-0.4, -0.2) is 29.9 Å². The number of rotatable bonds is 2. The van der Waals surface area contributed by atoms with E-state index in [2.05, 4.69) is 21.2 Å². The summed E-state index contributed by atoms with van der Waals surface area (Å²) in [6.45, 7) is 3.68. The molecule has 3 nitrogen and oxygen atoms in total. The first-order valence-corrected chi connectivity index (χ1v) is 6.33. The summed E-state index contributed by atoms with van der Waals surface area (Å²) in [6, 6.07) is 4.81. The van der Waals surface area contributed by atoms with Gasteiger partial charge in [0.1, 0.15) is 5.82 Å². The highest BCUT2D eigenvalue weighted by molar-refractivity contribution is 9.10. The molecule has 1 aliphatic rings. The molecular weight excluding hydrogens is 287 g/mol. The van der Waals surface area contributed by atoms with Crippen LogP contribution in [0.5, 0.6) is 0 Å². The molecule has 1 unspecified atom stereocenters. The number of piperazine rings is 1. The number of hydrogen-bond donors (Lipinski definition) is 1. The van der Waals surface area contributed by atoms with Crippen LogP contribution in [-0.2, 0) is 11.3 Å². The molecule has 1 aliphatic heterocycles. The van der Waals surface area contributed by atoms with E-state index in [-0.39, 0.29) is 17.8 Å². The lowest BCUT2D eigenvalue weighted by atomic mass is 10.1. The van der Waals surface area contributed by atoms with Crippen molar-refractivity contribution in [1.82, 2.24) is 10.2 Å². The van der Waals surface area contributed by atoms with Crippen LogP contribution in [0.3, 0.4) is 0 Å². The van der Waals surface area contributed by atoms with E-state index in [0.29, 0.717) is 18.7 Å². The van der Waals surface area contributed by atoms with Gasteiger partial charge in [0.15, 0.2) is 0 Å². The van der Waals surface area contributed by atoms with Crippen molar-refractivity contribution in [3.05, 3.63) is 34.1 Å². The Labute approximate surface area is 108 Å². The molecule has 0 saturated carbocycles. The van der Waals surface area contributed by atoms with Gasteiger partial charge in [-0.15, -0.1) is 0 Å². The maximum Gasteiger partial charge on any atom is 0.237 e. The van der Waals surface area contributed by atoms with Gasteiger partial charge < -0.3 is 5.32 Å². The highest BCUT2D eigenvalue weighted by atomic mass is 79.9. The van der Waals surface area contributed by atoms with Crippen LogP contribution in [0.4, 0.5) is 4.39 Å². The third-order valence-corrected chi connectivity index (χ3v) is 3.51. The molecule has 1 N–H and O–H groups in total. The fraction of sp³-hybridized carbons (Fsp3) is 0.417. The van der Waals surface area contributed by atoms with Crippen LogP contribution < -0.4 is 5.32 Å². The largest absolute Gasteiger partial charge is 0.353 e. The fourth-order valence-electron chi connectivity index (χ4n) is 1.91. The zero-order valence-corrected chi connectivity index (χ0v) is 11.1. The number of benzene rings is 1. The topological polar surface area (TPSA) is 32.3 Å². The average molecular weight is 301 g/mol. The molecule has 1 aromatic carbocycles. The Bertz CT molecular complexity index is 439. The summed E-state index contributed by atoms with van der Waals surface area (Å²) in [5.74, 6) is -0.230. The van der Waals surface area contributed by atoms with Gasteiger partial charge in [-0.1, -0.05) is 22.0 Å². The molecule has 1 aromatic rings. The van der Waals surface area contributed by atoms with Gasteiger partial charge in [-0.05, 0) is 19.1 Å². The van der Waals surface area contributed by atoms with E-state index in [0.717, 1.165) is 11.0 Å². The summed E-state index contributed by atoms with van der Waals surface area (Å²) in [5, 5.41) is 2.79. The van der Waals surface area contributed by atoms with Crippen LogP contribution >= 0.6 is 15.9 Å². The lowest BCUT2D eigenvalue weighted by Crippen LogP contribution is -2.53. The van der Waals surface area contributed by atoms with Crippen molar-refractivity contribution in [1.29, 1.82) is 0 Å². The van der Waals surface area contributed by atoms with Gasteiger partial charge in [0.25, 0.3) is 0 Å². The summed E-state index contributed by atoms with van der Waals surface area (Å²) in [6.07, 6.45) is 0. The summed E-state index contributed by atoms with van der Waals surface area (Å²) >= 11 is 3.23. The number of halogens is 2. The van der Waals surface area contributed by atoms with E-state index in [4.69, 9.17) is 0 Å². The van der Waals surface area contributed by atoms with Crippen molar-refractivity contribution >= 4 is 21.8 Å². The van der Waals surface area contributed by atoms with Gasteiger partial charge in [-0.2, -0.15) is 0 Å². The van der Waals surface area contributed by atoms with Gasteiger partial charge in [-0.3, -0.25) is 9.69 Å². The van der Waals surface area contributed by atoms with Crippen molar-refractivity contribution in [3.63, 3.8) is 0 Å². The minimum Gasteiger partial charge on any atom is -0.353 e. The van der Waals surface area contributed by atoms with Gasteiger partial charge in [0, 0.05) is 29.7 Å². The van der Waals surface area contributed by atoms with E-state index in [9.17, 15) is 9.18 Å². The first-order valence-electron chi connectivity index (χ1n) is 5.53. The molecule has 1 saturated heterocycles. The van der Waals surface area contributed by atoms with E-state index >= 15 is 0 Å². The number of carbonyl (C=O) groups excluding carboxylic acids is 1. The van der Waals surface area contributed by atoms with Crippen LogP contribution in [0.2, 0.25) is 0 Å². The first-order chi connectivity index (χ1) is 8.08. The molecule has 5 heteroatoms. The van der Waals surface area contributed by atoms with E-state index in [1.807, 2.05) is 17.9 Å². The number of nitrogens with zero attached hydrogens (tertiary/aromatic N) is 1. The van der Waals surface area contributed by atoms with E-state index in [1.54, 1.807) is 6.07 Å². The fourth-order valence-corrected chi connectivity index (χ4v) is 2.25. The van der Waals surface area contributed by atoms with Gasteiger partial charge in [-0.25, -0.2) is 4.39 Å². The second-order valence-corrected chi connectivity index (χ2v) is 5.09. The Kier molecular flexibility index (Phi) is 3.79. The normalized spacial score (nSPS) is 21.4. The summed E-state index contributed by atoms with van der Waals surface area (Å²) in [7, 11) is 0. The third-order valence-electron chi connectivity index (χ3n) is 3.01. The molecule has 1 heterocycles. The Balaban J connectivity index is 2.12. The van der Waals surface area contributed by atoms with Gasteiger partial charge in [0.2, 0.25) is 5.91 Å². The van der Waals surface area contributed by atoms with Gasteiger partial charge in [0.05, 0.1) is 6.04 Å². The zero-order chi connectivity index (χ0) is 12.4. The summed E-state index contributed by atoms with van der Waals surface area (Å²) in [5.41, 5.74) is 0.620. The second kappa shape index (κ2) is 5.14. The second-order valence-electron chi connectivity index (χ2n) is 4.17. The Morgan fingerprint density at radius 1 is 1.59 bits per heavy atom. The van der Waals surface area contributed by atoms with E-state index in [1.165, 1.54) is 6.07 Å². The smallest absolute Gasteiger partial charge is 0.237 e. The quantitative estimate of drug-likeness (QED) is 0.905. The maximum atomic E-state index is 13.7. The van der Waals surface area contributed by atoms with Crippen molar-refractivity contribution < 1.29 is 9.18 Å². The molecule has 0 spiro atoms. The van der Waals surface area contributed by atoms with Crippen LogP contribution in [0.15, 0.2) is 22.7 Å². The first kappa shape index (κ1) is 12.5. The van der Waals surface area contributed by atoms with Crippen LogP contribution in [0.1, 0.15) is 12.5 Å². The number of amides is 1. The molecule has 1 atom stereocenters.